The first-order chi connectivity index (χ1) is 8.15. The number of carbonyl (C=O) groups excluding carboxylic acids is 1. The molecule has 1 aromatic carbocycles. The fourth-order valence-electron chi connectivity index (χ4n) is 1.41. The lowest BCUT2D eigenvalue weighted by Gasteiger charge is -2.11. The van der Waals surface area contributed by atoms with Crippen molar-refractivity contribution in [2.24, 2.45) is 5.73 Å². The quantitative estimate of drug-likeness (QED) is 0.822. The molecule has 0 amide bonds. The number of ether oxygens (including phenoxy) is 1. The third-order valence-electron chi connectivity index (χ3n) is 2.50. The van der Waals surface area contributed by atoms with Crippen LogP contribution in [0.3, 0.4) is 0 Å². The number of esters is 1. The first kappa shape index (κ1) is 14.2. The molecule has 0 bridgehead atoms. The van der Waals surface area contributed by atoms with Crippen LogP contribution in [0.2, 0.25) is 0 Å². The van der Waals surface area contributed by atoms with Crippen molar-refractivity contribution in [1.82, 2.24) is 0 Å². The third kappa shape index (κ3) is 4.88. The Labute approximate surface area is 110 Å². The highest BCUT2D eigenvalue weighted by Crippen LogP contribution is 2.16. The standard InChI is InChI=1S/C13H18BrNO2/c1-2-3-8-12(15)13(16)17-9-10-6-4-5-7-11(10)14/h4-7,12H,2-3,8-9,15H2,1H3. The predicted octanol–water partition coefficient (Wildman–Crippen LogP) is 3.01. The van der Waals surface area contributed by atoms with E-state index in [0.29, 0.717) is 6.42 Å². The van der Waals surface area contributed by atoms with E-state index in [0.717, 1.165) is 22.9 Å². The van der Waals surface area contributed by atoms with E-state index in [9.17, 15) is 4.79 Å². The first-order valence-corrected chi connectivity index (χ1v) is 6.60. The molecule has 0 saturated heterocycles. The summed E-state index contributed by atoms with van der Waals surface area (Å²) in [5, 5.41) is 0. The lowest BCUT2D eigenvalue weighted by atomic mass is 10.1. The zero-order chi connectivity index (χ0) is 12.7. The molecule has 0 aliphatic carbocycles. The Morgan fingerprint density at radius 1 is 1.47 bits per heavy atom. The highest BCUT2D eigenvalue weighted by atomic mass is 79.9. The predicted molar refractivity (Wildman–Crippen MR) is 71.4 cm³/mol. The summed E-state index contributed by atoms with van der Waals surface area (Å²) in [6.45, 7) is 2.33. The molecule has 94 valence electrons. The number of rotatable bonds is 6. The Bertz CT molecular complexity index is 368. The van der Waals surface area contributed by atoms with Gasteiger partial charge in [-0.2, -0.15) is 0 Å². The van der Waals surface area contributed by atoms with Crippen molar-refractivity contribution < 1.29 is 9.53 Å². The molecule has 1 atom stereocenters. The van der Waals surface area contributed by atoms with E-state index in [1.165, 1.54) is 0 Å². The van der Waals surface area contributed by atoms with Crippen molar-refractivity contribution in [1.29, 1.82) is 0 Å². The SMILES string of the molecule is CCCCC(N)C(=O)OCc1ccccc1Br. The molecular weight excluding hydrogens is 282 g/mol. The number of hydrogen-bond donors (Lipinski definition) is 1. The average molecular weight is 300 g/mol. The normalized spacial score (nSPS) is 12.2. The van der Waals surface area contributed by atoms with Gasteiger partial charge < -0.3 is 10.5 Å². The van der Waals surface area contributed by atoms with Crippen LogP contribution in [0, 0.1) is 0 Å². The minimum atomic E-state index is -0.502. The molecule has 0 saturated carbocycles. The van der Waals surface area contributed by atoms with Gasteiger partial charge in [-0.1, -0.05) is 53.9 Å². The van der Waals surface area contributed by atoms with Gasteiger partial charge in [0, 0.05) is 10.0 Å². The summed E-state index contributed by atoms with van der Waals surface area (Å²) in [5.41, 5.74) is 6.67. The summed E-state index contributed by atoms with van der Waals surface area (Å²) in [4.78, 5) is 11.6. The van der Waals surface area contributed by atoms with Crippen molar-refractivity contribution in [2.45, 2.75) is 38.8 Å². The van der Waals surface area contributed by atoms with Gasteiger partial charge in [-0.15, -0.1) is 0 Å². The molecule has 1 unspecified atom stereocenters. The molecule has 4 heteroatoms. The van der Waals surface area contributed by atoms with Crippen LogP contribution in [0.5, 0.6) is 0 Å². The first-order valence-electron chi connectivity index (χ1n) is 5.80. The van der Waals surface area contributed by atoms with Gasteiger partial charge in [0.15, 0.2) is 0 Å². The van der Waals surface area contributed by atoms with Crippen LogP contribution in [-0.4, -0.2) is 12.0 Å². The minimum absolute atomic E-state index is 0.264. The van der Waals surface area contributed by atoms with Gasteiger partial charge in [-0.05, 0) is 12.5 Å². The Balaban J connectivity index is 2.40. The number of hydrogen-bond acceptors (Lipinski definition) is 3. The van der Waals surface area contributed by atoms with Crippen LogP contribution in [0.4, 0.5) is 0 Å². The molecule has 0 radical (unpaired) electrons. The number of nitrogens with two attached hydrogens (primary N) is 1. The van der Waals surface area contributed by atoms with E-state index >= 15 is 0 Å². The topological polar surface area (TPSA) is 52.3 Å². The van der Waals surface area contributed by atoms with Crippen molar-refractivity contribution in [3.05, 3.63) is 34.3 Å². The third-order valence-corrected chi connectivity index (χ3v) is 3.27. The fourth-order valence-corrected chi connectivity index (χ4v) is 1.81. The van der Waals surface area contributed by atoms with Crippen molar-refractivity contribution in [3.63, 3.8) is 0 Å². The Morgan fingerprint density at radius 3 is 2.82 bits per heavy atom. The summed E-state index contributed by atoms with van der Waals surface area (Å²) in [5.74, 6) is -0.325. The van der Waals surface area contributed by atoms with Gasteiger partial charge in [0.2, 0.25) is 0 Å². The largest absolute Gasteiger partial charge is 0.460 e. The van der Waals surface area contributed by atoms with Gasteiger partial charge in [-0.25, -0.2) is 0 Å². The van der Waals surface area contributed by atoms with E-state index in [1.807, 2.05) is 24.3 Å². The maximum absolute atomic E-state index is 11.6. The van der Waals surface area contributed by atoms with Crippen LogP contribution >= 0.6 is 15.9 Å². The smallest absolute Gasteiger partial charge is 0.323 e. The van der Waals surface area contributed by atoms with Gasteiger partial charge >= 0.3 is 5.97 Å². The molecule has 0 aromatic heterocycles. The Hall–Kier alpha value is -0.870. The van der Waals surface area contributed by atoms with Crippen LogP contribution in [0.25, 0.3) is 0 Å². The molecule has 1 rings (SSSR count). The van der Waals surface area contributed by atoms with E-state index in [-0.39, 0.29) is 12.6 Å². The summed E-state index contributed by atoms with van der Waals surface area (Å²) in [6.07, 6.45) is 2.67. The summed E-state index contributed by atoms with van der Waals surface area (Å²) < 4.78 is 6.11. The summed E-state index contributed by atoms with van der Waals surface area (Å²) in [7, 11) is 0. The zero-order valence-electron chi connectivity index (χ0n) is 9.99. The van der Waals surface area contributed by atoms with Crippen LogP contribution in [0.1, 0.15) is 31.7 Å². The molecule has 0 spiro atoms. The average Bonchev–Trinajstić information content (AvgIpc) is 2.34. The van der Waals surface area contributed by atoms with E-state index < -0.39 is 6.04 Å². The van der Waals surface area contributed by atoms with Gasteiger partial charge in [0.25, 0.3) is 0 Å². The van der Waals surface area contributed by atoms with Gasteiger partial charge in [0.05, 0.1) is 0 Å². The van der Waals surface area contributed by atoms with Crippen molar-refractivity contribution in [2.75, 3.05) is 0 Å². The van der Waals surface area contributed by atoms with E-state index in [2.05, 4.69) is 22.9 Å². The highest BCUT2D eigenvalue weighted by Gasteiger charge is 2.14. The maximum atomic E-state index is 11.6. The van der Waals surface area contributed by atoms with Crippen molar-refractivity contribution >= 4 is 21.9 Å². The number of halogens is 1. The second-order valence-corrected chi connectivity index (χ2v) is 4.80. The number of carbonyl (C=O) groups is 1. The second kappa shape index (κ2) is 7.45. The van der Waals surface area contributed by atoms with Crippen LogP contribution < -0.4 is 5.73 Å². The monoisotopic (exact) mass is 299 g/mol. The molecule has 17 heavy (non-hydrogen) atoms. The molecule has 0 aliphatic rings. The van der Waals surface area contributed by atoms with Crippen LogP contribution in [0.15, 0.2) is 28.7 Å². The Morgan fingerprint density at radius 2 is 2.18 bits per heavy atom. The second-order valence-electron chi connectivity index (χ2n) is 3.95. The molecule has 1 aromatic rings. The number of benzene rings is 1. The van der Waals surface area contributed by atoms with E-state index in [4.69, 9.17) is 10.5 Å². The lowest BCUT2D eigenvalue weighted by molar-refractivity contribution is -0.146. The molecular formula is C13H18BrNO2. The van der Waals surface area contributed by atoms with E-state index in [1.54, 1.807) is 0 Å². The molecule has 2 N–H and O–H groups in total. The van der Waals surface area contributed by atoms with Crippen molar-refractivity contribution in [3.8, 4) is 0 Å². The fraction of sp³-hybridized carbons (Fsp3) is 0.462. The summed E-state index contributed by atoms with van der Waals surface area (Å²) in [6, 6.07) is 7.15. The van der Waals surface area contributed by atoms with Gasteiger partial charge in [0.1, 0.15) is 12.6 Å². The molecule has 0 aliphatic heterocycles. The minimum Gasteiger partial charge on any atom is -0.460 e. The Kier molecular flexibility index (Phi) is 6.22. The van der Waals surface area contributed by atoms with Gasteiger partial charge in [-0.3, -0.25) is 4.79 Å². The number of unbranched alkanes of at least 4 members (excludes halogenated alkanes) is 1. The molecule has 0 heterocycles. The van der Waals surface area contributed by atoms with Crippen LogP contribution in [-0.2, 0) is 16.1 Å². The molecule has 0 fully saturated rings. The maximum Gasteiger partial charge on any atom is 0.323 e. The zero-order valence-corrected chi connectivity index (χ0v) is 11.6. The molecule has 3 nitrogen and oxygen atoms in total. The lowest BCUT2D eigenvalue weighted by Crippen LogP contribution is -2.32. The highest BCUT2D eigenvalue weighted by molar-refractivity contribution is 9.10. The summed E-state index contributed by atoms with van der Waals surface area (Å²) >= 11 is 3.40.